The molecule has 6 nitrogen and oxygen atoms in total. The Labute approximate surface area is 152 Å². The van der Waals surface area contributed by atoms with Crippen molar-refractivity contribution in [2.75, 3.05) is 0 Å². The van der Waals surface area contributed by atoms with Crippen LogP contribution in [0.25, 0.3) is 16.8 Å². The molecule has 0 aliphatic carbocycles. The molecule has 4 aromatic heterocycles. The van der Waals surface area contributed by atoms with Crippen molar-refractivity contribution in [3.63, 3.8) is 0 Å². The minimum atomic E-state index is -0.265. The van der Waals surface area contributed by atoms with E-state index in [-0.39, 0.29) is 5.91 Å². The molecule has 25 heavy (non-hydrogen) atoms. The predicted molar refractivity (Wildman–Crippen MR) is 96.7 cm³/mol. The first-order valence-electron chi connectivity index (χ1n) is 7.48. The molecule has 0 atom stereocenters. The molecule has 4 rings (SSSR count). The zero-order valence-electron chi connectivity index (χ0n) is 12.9. The summed E-state index contributed by atoms with van der Waals surface area (Å²) in [6, 6.07) is 9.46. The monoisotopic (exact) mass is 369 g/mol. The van der Waals surface area contributed by atoms with E-state index in [1.54, 1.807) is 23.1 Å². The van der Waals surface area contributed by atoms with Crippen molar-refractivity contribution in [3.05, 3.63) is 70.0 Å². The lowest BCUT2D eigenvalue weighted by molar-refractivity contribution is 0.0950. The van der Waals surface area contributed by atoms with Gasteiger partial charge in [-0.05, 0) is 23.8 Å². The summed E-state index contributed by atoms with van der Waals surface area (Å²) in [7, 11) is 0. The number of nitrogens with zero attached hydrogens (tertiary/aromatic N) is 4. The molecule has 8 heteroatoms. The molecule has 0 fully saturated rings. The van der Waals surface area contributed by atoms with Gasteiger partial charge in [-0.2, -0.15) is 5.10 Å². The first-order valence-corrected chi connectivity index (χ1v) is 8.68. The van der Waals surface area contributed by atoms with Crippen LogP contribution < -0.4 is 5.32 Å². The lowest BCUT2D eigenvalue weighted by Gasteiger charge is -2.02. The SMILES string of the molecule is O=C(NCc1cccnc1)c1nc(-c2cnn3ccccc23)c(Cl)s1. The molecule has 0 aromatic carbocycles. The van der Waals surface area contributed by atoms with E-state index in [2.05, 4.69) is 20.4 Å². The molecule has 0 bridgehead atoms. The number of hydrogen-bond donors (Lipinski definition) is 1. The summed E-state index contributed by atoms with van der Waals surface area (Å²) >= 11 is 7.48. The predicted octanol–water partition coefficient (Wildman–Crippen LogP) is 3.44. The van der Waals surface area contributed by atoms with E-state index >= 15 is 0 Å². The molecule has 124 valence electrons. The van der Waals surface area contributed by atoms with Gasteiger partial charge in [0.1, 0.15) is 10.0 Å². The number of carbonyl (C=O) groups is 1. The molecule has 0 aliphatic heterocycles. The van der Waals surface area contributed by atoms with Gasteiger partial charge in [-0.25, -0.2) is 9.50 Å². The zero-order valence-corrected chi connectivity index (χ0v) is 14.5. The molecule has 4 heterocycles. The van der Waals surface area contributed by atoms with Crippen molar-refractivity contribution in [2.24, 2.45) is 0 Å². The van der Waals surface area contributed by atoms with Crippen LogP contribution in [0.2, 0.25) is 4.34 Å². The Morgan fingerprint density at radius 1 is 1.24 bits per heavy atom. The topological polar surface area (TPSA) is 72.2 Å². The minimum Gasteiger partial charge on any atom is -0.346 e. The Morgan fingerprint density at radius 2 is 2.16 bits per heavy atom. The Bertz CT molecular complexity index is 1040. The molecule has 0 saturated heterocycles. The first-order chi connectivity index (χ1) is 12.2. The van der Waals surface area contributed by atoms with Crippen LogP contribution in [0.3, 0.4) is 0 Å². The van der Waals surface area contributed by atoms with Gasteiger partial charge in [0.2, 0.25) is 0 Å². The van der Waals surface area contributed by atoms with Crippen molar-refractivity contribution in [2.45, 2.75) is 6.54 Å². The Morgan fingerprint density at radius 3 is 3.00 bits per heavy atom. The van der Waals surface area contributed by atoms with Crippen LogP contribution in [-0.4, -0.2) is 25.5 Å². The smallest absolute Gasteiger partial charge is 0.280 e. The van der Waals surface area contributed by atoms with Gasteiger partial charge in [0.05, 0.1) is 11.7 Å². The maximum Gasteiger partial charge on any atom is 0.280 e. The van der Waals surface area contributed by atoms with Gasteiger partial charge in [-0.3, -0.25) is 9.78 Å². The largest absolute Gasteiger partial charge is 0.346 e. The van der Waals surface area contributed by atoms with Gasteiger partial charge < -0.3 is 5.32 Å². The number of fused-ring (bicyclic) bond motifs is 1. The third-order valence-electron chi connectivity index (χ3n) is 3.64. The summed E-state index contributed by atoms with van der Waals surface area (Å²) in [6.07, 6.45) is 6.95. The van der Waals surface area contributed by atoms with Gasteiger partial charge >= 0.3 is 0 Å². The number of halogens is 1. The molecule has 0 unspecified atom stereocenters. The highest BCUT2D eigenvalue weighted by Gasteiger charge is 2.19. The van der Waals surface area contributed by atoms with Crippen molar-refractivity contribution in [1.29, 1.82) is 0 Å². The highest BCUT2D eigenvalue weighted by molar-refractivity contribution is 7.18. The van der Waals surface area contributed by atoms with Crippen LogP contribution in [0.4, 0.5) is 0 Å². The summed E-state index contributed by atoms with van der Waals surface area (Å²) in [6.45, 7) is 0.385. The molecular weight excluding hydrogens is 358 g/mol. The van der Waals surface area contributed by atoms with E-state index in [1.165, 1.54) is 0 Å². The average Bonchev–Trinajstić information content (AvgIpc) is 3.24. The molecule has 1 amide bonds. The third kappa shape index (κ3) is 3.11. The Balaban J connectivity index is 1.59. The van der Waals surface area contributed by atoms with E-state index in [9.17, 15) is 4.79 Å². The van der Waals surface area contributed by atoms with Gasteiger partial charge in [0, 0.05) is 30.7 Å². The minimum absolute atomic E-state index is 0.265. The van der Waals surface area contributed by atoms with Crippen molar-refractivity contribution < 1.29 is 4.79 Å². The second kappa shape index (κ2) is 6.62. The maximum absolute atomic E-state index is 12.4. The lowest BCUT2D eigenvalue weighted by atomic mass is 10.2. The molecular formula is C17H12ClN5OS. The fourth-order valence-corrected chi connectivity index (χ4v) is 3.53. The lowest BCUT2D eigenvalue weighted by Crippen LogP contribution is -2.22. The molecule has 0 spiro atoms. The standard InChI is InChI=1S/C17H12ClN5OS/c18-15-14(12-10-21-23-7-2-1-5-13(12)23)22-17(25-15)16(24)20-9-11-4-3-6-19-8-11/h1-8,10H,9H2,(H,20,24). The quantitative estimate of drug-likeness (QED) is 0.598. The molecule has 0 aliphatic rings. The van der Waals surface area contributed by atoms with Crippen molar-refractivity contribution >= 4 is 34.4 Å². The maximum atomic E-state index is 12.4. The van der Waals surface area contributed by atoms with Crippen LogP contribution in [0.15, 0.2) is 55.1 Å². The number of thiazole rings is 1. The summed E-state index contributed by atoms with van der Waals surface area (Å²) in [5.41, 5.74) is 3.17. The van der Waals surface area contributed by atoms with Gasteiger partial charge in [-0.15, -0.1) is 0 Å². The number of aromatic nitrogens is 4. The molecule has 1 N–H and O–H groups in total. The molecule has 4 aromatic rings. The molecule has 0 saturated carbocycles. The summed E-state index contributed by atoms with van der Waals surface area (Å²) in [5, 5.41) is 7.43. The summed E-state index contributed by atoms with van der Waals surface area (Å²) in [5.74, 6) is -0.265. The van der Waals surface area contributed by atoms with Crippen LogP contribution >= 0.6 is 22.9 Å². The van der Waals surface area contributed by atoms with Crippen molar-refractivity contribution in [3.8, 4) is 11.3 Å². The Hall–Kier alpha value is -2.77. The number of hydrogen-bond acceptors (Lipinski definition) is 5. The van der Waals surface area contributed by atoms with Gasteiger partial charge in [0.25, 0.3) is 5.91 Å². The highest BCUT2D eigenvalue weighted by atomic mass is 35.5. The van der Waals surface area contributed by atoms with E-state index in [1.807, 2.05) is 36.5 Å². The fourth-order valence-electron chi connectivity index (χ4n) is 2.44. The summed E-state index contributed by atoms with van der Waals surface area (Å²) < 4.78 is 2.21. The zero-order chi connectivity index (χ0) is 17.2. The summed E-state index contributed by atoms with van der Waals surface area (Å²) in [4.78, 5) is 20.8. The van der Waals surface area contributed by atoms with E-state index in [0.717, 1.165) is 28.0 Å². The second-order valence-corrected chi connectivity index (χ2v) is 6.88. The van der Waals surface area contributed by atoms with Crippen LogP contribution in [0.1, 0.15) is 15.4 Å². The number of pyridine rings is 2. The van der Waals surface area contributed by atoms with E-state index in [4.69, 9.17) is 11.6 Å². The fraction of sp³-hybridized carbons (Fsp3) is 0.0588. The number of nitrogens with one attached hydrogen (secondary N) is 1. The van der Waals surface area contributed by atoms with Crippen LogP contribution in [0, 0.1) is 0 Å². The number of amides is 1. The number of carbonyl (C=O) groups excluding carboxylic acids is 1. The van der Waals surface area contributed by atoms with E-state index < -0.39 is 0 Å². The first kappa shape index (κ1) is 15.7. The highest BCUT2D eigenvalue weighted by Crippen LogP contribution is 2.34. The molecule has 0 radical (unpaired) electrons. The second-order valence-electron chi connectivity index (χ2n) is 5.27. The van der Waals surface area contributed by atoms with Gasteiger partial charge in [0.15, 0.2) is 5.01 Å². The Kier molecular flexibility index (Phi) is 4.17. The number of rotatable bonds is 4. The average molecular weight is 370 g/mol. The van der Waals surface area contributed by atoms with E-state index in [0.29, 0.717) is 21.6 Å². The van der Waals surface area contributed by atoms with Crippen LogP contribution in [-0.2, 0) is 6.54 Å². The van der Waals surface area contributed by atoms with Crippen molar-refractivity contribution in [1.82, 2.24) is 24.9 Å². The van der Waals surface area contributed by atoms with Gasteiger partial charge in [-0.1, -0.05) is 35.1 Å². The van der Waals surface area contributed by atoms with Crippen LogP contribution in [0.5, 0.6) is 0 Å². The third-order valence-corrected chi connectivity index (χ3v) is 4.89. The normalized spacial score (nSPS) is 10.9.